The van der Waals surface area contributed by atoms with E-state index in [-0.39, 0.29) is 6.04 Å². The normalized spacial score (nSPS) is 12.4. The first kappa shape index (κ1) is 13.8. The molecular weight excluding hydrogens is 230 g/mol. The van der Waals surface area contributed by atoms with Crippen molar-refractivity contribution in [3.05, 3.63) is 59.7 Å². The molecule has 0 aliphatic heterocycles. The number of hydrogen-bond acceptors (Lipinski definition) is 1. The van der Waals surface area contributed by atoms with Gasteiger partial charge in [0.15, 0.2) is 0 Å². The highest BCUT2D eigenvalue weighted by Gasteiger charge is 2.02. The monoisotopic (exact) mass is 253 g/mol. The van der Waals surface area contributed by atoms with E-state index in [4.69, 9.17) is 5.73 Å². The molecule has 0 radical (unpaired) electrons. The van der Waals surface area contributed by atoms with Gasteiger partial charge in [-0.1, -0.05) is 55.8 Å². The number of hydrogen-bond donors (Lipinski definition) is 1. The van der Waals surface area contributed by atoms with Crippen molar-refractivity contribution in [2.24, 2.45) is 5.73 Å². The average molecular weight is 253 g/mol. The largest absolute Gasteiger partial charge is 0.324 e. The Hall–Kier alpha value is -1.60. The van der Waals surface area contributed by atoms with Crippen LogP contribution in [0.2, 0.25) is 0 Å². The number of nitrogens with two attached hydrogens (primary N) is 1. The molecule has 1 nitrogen and oxygen atoms in total. The molecule has 2 aromatic rings. The van der Waals surface area contributed by atoms with E-state index in [2.05, 4.69) is 55.5 Å². The predicted octanol–water partition coefficient (Wildman–Crippen LogP) is 4.72. The van der Waals surface area contributed by atoms with Crippen LogP contribution in [0.15, 0.2) is 48.5 Å². The van der Waals surface area contributed by atoms with E-state index in [1.165, 1.54) is 41.5 Å². The number of aryl methyl sites for hydroxylation is 1. The highest BCUT2D eigenvalue weighted by molar-refractivity contribution is 5.64. The summed E-state index contributed by atoms with van der Waals surface area (Å²) in [6, 6.07) is 17.5. The molecule has 1 heteroatoms. The van der Waals surface area contributed by atoms with Gasteiger partial charge in [0.2, 0.25) is 0 Å². The maximum absolute atomic E-state index is 5.94. The molecule has 0 fully saturated rings. The van der Waals surface area contributed by atoms with Gasteiger partial charge in [-0.15, -0.1) is 0 Å². The number of benzene rings is 2. The van der Waals surface area contributed by atoms with Gasteiger partial charge in [0.05, 0.1) is 0 Å². The summed E-state index contributed by atoms with van der Waals surface area (Å²) in [5.74, 6) is 0. The zero-order valence-electron chi connectivity index (χ0n) is 11.9. The van der Waals surface area contributed by atoms with Gasteiger partial charge >= 0.3 is 0 Å². The van der Waals surface area contributed by atoms with Crippen LogP contribution in [0, 0.1) is 0 Å². The first-order valence-corrected chi connectivity index (χ1v) is 7.15. The molecule has 0 spiro atoms. The second-order valence-electron chi connectivity index (χ2n) is 5.21. The van der Waals surface area contributed by atoms with E-state index in [0.717, 1.165) is 0 Å². The highest BCUT2D eigenvalue weighted by atomic mass is 14.6. The first-order valence-electron chi connectivity index (χ1n) is 7.15. The van der Waals surface area contributed by atoms with Crippen LogP contribution in [-0.4, -0.2) is 0 Å². The predicted molar refractivity (Wildman–Crippen MR) is 83.1 cm³/mol. The van der Waals surface area contributed by atoms with Gasteiger partial charge in [-0.05, 0) is 48.1 Å². The third kappa shape index (κ3) is 3.68. The Bertz CT molecular complexity index is 511. The molecule has 19 heavy (non-hydrogen) atoms. The van der Waals surface area contributed by atoms with Crippen molar-refractivity contribution in [2.45, 2.75) is 39.2 Å². The van der Waals surface area contributed by atoms with Gasteiger partial charge in [-0.25, -0.2) is 0 Å². The molecule has 0 aromatic heterocycles. The Balaban J connectivity index is 2.19. The zero-order valence-corrected chi connectivity index (χ0v) is 11.9. The third-order valence-corrected chi connectivity index (χ3v) is 3.52. The van der Waals surface area contributed by atoms with Crippen LogP contribution in [0.3, 0.4) is 0 Å². The lowest BCUT2D eigenvalue weighted by Gasteiger charge is -2.09. The SMILES string of the molecule is CCCCc1ccc(-c2cccc(C(C)N)c2)cc1. The van der Waals surface area contributed by atoms with Crippen molar-refractivity contribution in [1.29, 1.82) is 0 Å². The third-order valence-electron chi connectivity index (χ3n) is 3.52. The maximum atomic E-state index is 5.94. The van der Waals surface area contributed by atoms with Crippen LogP contribution >= 0.6 is 0 Å². The fourth-order valence-corrected chi connectivity index (χ4v) is 2.25. The Morgan fingerprint density at radius 1 is 1.00 bits per heavy atom. The van der Waals surface area contributed by atoms with Crippen molar-refractivity contribution in [2.75, 3.05) is 0 Å². The van der Waals surface area contributed by atoms with Gasteiger partial charge in [-0.3, -0.25) is 0 Å². The minimum Gasteiger partial charge on any atom is -0.324 e. The Kier molecular flexibility index (Phi) is 4.75. The van der Waals surface area contributed by atoms with Crippen molar-refractivity contribution in [3.8, 4) is 11.1 Å². The van der Waals surface area contributed by atoms with Gasteiger partial charge in [0, 0.05) is 6.04 Å². The smallest absolute Gasteiger partial charge is 0.0266 e. The molecule has 0 aliphatic rings. The molecular formula is C18H23N. The van der Waals surface area contributed by atoms with E-state index < -0.39 is 0 Å². The lowest BCUT2D eigenvalue weighted by Crippen LogP contribution is -2.04. The lowest BCUT2D eigenvalue weighted by molar-refractivity contribution is 0.795. The summed E-state index contributed by atoms with van der Waals surface area (Å²) >= 11 is 0. The molecule has 0 saturated carbocycles. The molecule has 100 valence electrons. The fourth-order valence-electron chi connectivity index (χ4n) is 2.25. The summed E-state index contributed by atoms with van der Waals surface area (Å²) in [7, 11) is 0. The van der Waals surface area contributed by atoms with Crippen molar-refractivity contribution >= 4 is 0 Å². The molecule has 2 N–H and O–H groups in total. The molecule has 2 rings (SSSR count). The van der Waals surface area contributed by atoms with Crippen LogP contribution < -0.4 is 5.73 Å². The topological polar surface area (TPSA) is 26.0 Å². The number of unbranched alkanes of at least 4 members (excludes halogenated alkanes) is 1. The zero-order chi connectivity index (χ0) is 13.7. The molecule has 0 bridgehead atoms. The van der Waals surface area contributed by atoms with E-state index >= 15 is 0 Å². The Morgan fingerprint density at radius 2 is 1.74 bits per heavy atom. The van der Waals surface area contributed by atoms with Gasteiger partial charge in [0.25, 0.3) is 0 Å². The van der Waals surface area contributed by atoms with E-state index in [9.17, 15) is 0 Å². The Labute approximate surface area is 116 Å². The second kappa shape index (κ2) is 6.53. The molecule has 1 atom stereocenters. The van der Waals surface area contributed by atoms with Crippen LogP contribution in [0.5, 0.6) is 0 Å². The van der Waals surface area contributed by atoms with Crippen LogP contribution in [0.25, 0.3) is 11.1 Å². The number of rotatable bonds is 5. The minimum absolute atomic E-state index is 0.0868. The quantitative estimate of drug-likeness (QED) is 0.820. The molecule has 0 heterocycles. The van der Waals surface area contributed by atoms with Crippen molar-refractivity contribution in [3.63, 3.8) is 0 Å². The first-order chi connectivity index (χ1) is 9.20. The van der Waals surface area contributed by atoms with Gasteiger partial charge in [0.1, 0.15) is 0 Å². The molecule has 0 amide bonds. The summed E-state index contributed by atoms with van der Waals surface area (Å²) in [6.45, 7) is 4.25. The molecule has 2 aromatic carbocycles. The minimum atomic E-state index is 0.0868. The lowest BCUT2D eigenvalue weighted by atomic mass is 9.98. The van der Waals surface area contributed by atoms with Crippen molar-refractivity contribution < 1.29 is 0 Å². The Morgan fingerprint density at radius 3 is 2.37 bits per heavy atom. The summed E-state index contributed by atoms with van der Waals surface area (Å²) in [6.07, 6.45) is 3.69. The summed E-state index contributed by atoms with van der Waals surface area (Å²) in [5, 5.41) is 0. The van der Waals surface area contributed by atoms with E-state index in [0.29, 0.717) is 0 Å². The average Bonchev–Trinajstić information content (AvgIpc) is 2.46. The standard InChI is InChI=1S/C18H23N/c1-3-4-6-15-9-11-16(12-10-15)18-8-5-7-17(13-18)14(2)19/h5,7-14H,3-4,6,19H2,1-2H3. The second-order valence-corrected chi connectivity index (χ2v) is 5.21. The van der Waals surface area contributed by atoms with Gasteiger partial charge < -0.3 is 5.73 Å². The molecule has 0 aliphatic carbocycles. The van der Waals surface area contributed by atoms with E-state index in [1.54, 1.807) is 0 Å². The van der Waals surface area contributed by atoms with Gasteiger partial charge in [-0.2, -0.15) is 0 Å². The summed E-state index contributed by atoms with van der Waals surface area (Å²) in [5.41, 5.74) is 11.1. The van der Waals surface area contributed by atoms with Crippen molar-refractivity contribution in [1.82, 2.24) is 0 Å². The molecule has 0 saturated heterocycles. The van der Waals surface area contributed by atoms with E-state index in [1.807, 2.05) is 6.92 Å². The van der Waals surface area contributed by atoms with Crippen LogP contribution in [0.4, 0.5) is 0 Å². The highest BCUT2D eigenvalue weighted by Crippen LogP contribution is 2.23. The fraction of sp³-hybridized carbons (Fsp3) is 0.333. The van der Waals surface area contributed by atoms with Crippen LogP contribution in [-0.2, 0) is 6.42 Å². The van der Waals surface area contributed by atoms with Crippen LogP contribution in [0.1, 0.15) is 43.9 Å². The maximum Gasteiger partial charge on any atom is 0.0266 e. The summed E-state index contributed by atoms with van der Waals surface area (Å²) in [4.78, 5) is 0. The molecule has 1 unspecified atom stereocenters. The summed E-state index contributed by atoms with van der Waals surface area (Å²) < 4.78 is 0.